The first-order chi connectivity index (χ1) is 9.04. The van der Waals surface area contributed by atoms with Crippen LogP contribution in [0.2, 0.25) is 0 Å². The number of fused-ring (bicyclic) bond motifs is 1. The molecule has 0 fully saturated rings. The van der Waals surface area contributed by atoms with E-state index < -0.39 is 0 Å². The van der Waals surface area contributed by atoms with Crippen LogP contribution in [-0.4, -0.2) is 15.8 Å². The molecule has 4 nitrogen and oxygen atoms in total. The van der Waals surface area contributed by atoms with Crippen molar-refractivity contribution in [2.24, 2.45) is 4.99 Å². The van der Waals surface area contributed by atoms with Crippen molar-refractivity contribution in [1.29, 1.82) is 0 Å². The van der Waals surface area contributed by atoms with Crippen LogP contribution in [0.1, 0.15) is 24.8 Å². The summed E-state index contributed by atoms with van der Waals surface area (Å²) in [6, 6.07) is 5.85. The summed E-state index contributed by atoms with van der Waals surface area (Å²) in [6.07, 6.45) is 1.79. The van der Waals surface area contributed by atoms with Gasteiger partial charge in [-0.15, -0.1) is 0 Å². The monoisotopic (exact) mass is 352 g/mol. The fraction of sp³-hybridized carbons (Fsp3) is 0.143. The van der Waals surface area contributed by atoms with E-state index in [9.17, 15) is 9.90 Å². The Kier molecular flexibility index (Phi) is 3.96. The van der Waals surface area contributed by atoms with Crippen molar-refractivity contribution in [3.05, 3.63) is 42.8 Å². The quantitative estimate of drug-likeness (QED) is 0.807. The number of rotatable bonds is 1. The number of nitrogens with one attached hydrogen (secondary N) is 1. The Hall–Kier alpha value is -1.66. The highest BCUT2D eigenvalue weighted by Gasteiger charge is 2.19. The van der Waals surface area contributed by atoms with E-state index in [1.807, 2.05) is 25.1 Å². The minimum absolute atomic E-state index is 0. The van der Waals surface area contributed by atoms with E-state index in [1.165, 1.54) is 0 Å². The number of allylic oxidation sites excluding steroid dienone is 1. The smallest absolute Gasteiger partial charge is 0.307 e. The molecule has 1 aromatic heterocycles. The zero-order valence-corrected chi connectivity index (χ0v) is 12.3. The number of aliphatic imine (C=N–C) groups is 1. The fourth-order valence-corrected chi connectivity index (χ4v) is 3.03. The number of hydrogen-bond donors (Lipinski definition) is 2. The number of aromatic nitrogens is 1. The molecule has 0 bridgehead atoms. The first kappa shape index (κ1) is 14.7. The molecule has 0 unspecified atom stereocenters. The molecule has 0 saturated heterocycles. The third-order valence-corrected chi connectivity index (χ3v) is 4.17. The molecule has 1 aromatic carbocycles. The second kappa shape index (κ2) is 5.38. The summed E-state index contributed by atoms with van der Waals surface area (Å²) in [4.78, 5) is 18.3. The minimum atomic E-state index is -0.272. The molecular formula is C14H13BrN2O2S. The summed E-state index contributed by atoms with van der Waals surface area (Å²) >= 11 is 4.41. The van der Waals surface area contributed by atoms with Crippen molar-refractivity contribution < 1.29 is 5.11 Å². The third-order valence-electron chi connectivity index (χ3n) is 2.86. The van der Waals surface area contributed by atoms with Gasteiger partial charge in [0.2, 0.25) is 5.88 Å². The molecule has 0 atom stereocenters. The van der Waals surface area contributed by atoms with Crippen LogP contribution in [0.5, 0.6) is 5.88 Å². The molecule has 0 amide bonds. The maximum Gasteiger partial charge on any atom is 0.307 e. The molecule has 0 spiro atoms. The van der Waals surface area contributed by atoms with Crippen LogP contribution >= 0.6 is 27.3 Å². The largest absolute Gasteiger partial charge is 0.493 e. The molecule has 2 heterocycles. The first-order valence-corrected chi connectivity index (χ1v) is 7.15. The summed E-state index contributed by atoms with van der Waals surface area (Å²) < 4.78 is 0.966. The molecule has 6 heteroatoms. The van der Waals surface area contributed by atoms with Gasteiger partial charge in [0.15, 0.2) is 0 Å². The summed E-state index contributed by atoms with van der Waals surface area (Å²) in [5, 5.41) is 9.64. The van der Waals surface area contributed by atoms with E-state index in [-0.39, 0.29) is 18.2 Å². The molecule has 3 rings (SSSR count). The lowest BCUT2D eigenvalue weighted by molar-refractivity contribution is 0.455. The van der Waals surface area contributed by atoms with E-state index in [1.54, 1.807) is 6.08 Å². The number of halogens is 1. The van der Waals surface area contributed by atoms with Crippen molar-refractivity contribution in [2.45, 2.75) is 14.4 Å². The molecule has 0 radical (unpaired) electrons. The summed E-state index contributed by atoms with van der Waals surface area (Å²) in [5.74, 6) is -0.0984. The highest BCUT2D eigenvalue weighted by molar-refractivity contribution is 9.10. The van der Waals surface area contributed by atoms with Crippen molar-refractivity contribution >= 4 is 50.3 Å². The van der Waals surface area contributed by atoms with Gasteiger partial charge in [0, 0.05) is 21.3 Å². The molecule has 0 aliphatic carbocycles. The van der Waals surface area contributed by atoms with Gasteiger partial charge in [-0.25, -0.2) is 0 Å². The van der Waals surface area contributed by atoms with Gasteiger partial charge in [0.1, 0.15) is 0 Å². The summed E-state index contributed by atoms with van der Waals surface area (Å²) in [6.45, 7) is 1.91. The highest BCUT2D eigenvalue weighted by Crippen LogP contribution is 2.38. The Labute approximate surface area is 128 Å². The predicted molar refractivity (Wildman–Crippen MR) is 88.1 cm³/mol. The summed E-state index contributed by atoms with van der Waals surface area (Å²) in [7, 11) is 0. The first-order valence-electron chi connectivity index (χ1n) is 5.54. The van der Waals surface area contributed by atoms with Crippen molar-refractivity contribution in [1.82, 2.24) is 4.98 Å². The zero-order chi connectivity index (χ0) is 13.6. The Balaban J connectivity index is 0.00000147. The standard InChI is InChI=1S/C13H9BrN2O2S.CH4/c1-6-8(5-11-12(17)16-13(18)19-11)9-4-7(14)2-3-10(9)15-6;/h2-5,17H,1H3,(H,16,18);1H4. The molecule has 0 saturated carbocycles. The van der Waals surface area contributed by atoms with Crippen LogP contribution < -0.4 is 4.87 Å². The van der Waals surface area contributed by atoms with E-state index in [2.05, 4.69) is 25.9 Å². The van der Waals surface area contributed by atoms with Crippen molar-refractivity contribution in [2.75, 3.05) is 0 Å². The Morgan fingerprint density at radius 2 is 2.20 bits per heavy atom. The molecule has 1 aliphatic heterocycles. The number of nitrogens with zero attached hydrogens (tertiary/aromatic N) is 1. The molecule has 104 valence electrons. The van der Waals surface area contributed by atoms with Gasteiger partial charge >= 0.3 is 4.87 Å². The maximum atomic E-state index is 11.2. The number of H-pyrrole nitrogens is 1. The molecular weight excluding hydrogens is 340 g/mol. The lowest BCUT2D eigenvalue weighted by atomic mass is 10.0. The maximum absolute atomic E-state index is 11.2. The van der Waals surface area contributed by atoms with Gasteiger partial charge in [-0.2, -0.15) is 0 Å². The lowest BCUT2D eigenvalue weighted by Crippen LogP contribution is -1.89. The van der Waals surface area contributed by atoms with Gasteiger partial charge in [-0.3, -0.25) is 14.8 Å². The second-order valence-electron chi connectivity index (χ2n) is 4.14. The second-order valence-corrected chi connectivity index (χ2v) is 6.07. The normalized spacial score (nSPS) is 14.9. The van der Waals surface area contributed by atoms with Crippen LogP contribution in [0.4, 0.5) is 5.69 Å². The van der Waals surface area contributed by atoms with Crippen molar-refractivity contribution in [3.63, 3.8) is 0 Å². The average molecular weight is 353 g/mol. The average Bonchev–Trinajstić information content (AvgIpc) is 2.81. The van der Waals surface area contributed by atoms with Crippen LogP contribution in [0, 0.1) is 0 Å². The van der Waals surface area contributed by atoms with Gasteiger partial charge in [0.05, 0.1) is 10.6 Å². The van der Waals surface area contributed by atoms with Crippen LogP contribution in [0.3, 0.4) is 0 Å². The van der Waals surface area contributed by atoms with Crippen molar-refractivity contribution in [3.8, 4) is 5.88 Å². The summed E-state index contributed by atoms with van der Waals surface area (Å²) in [5.41, 5.74) is 3.68. The number of hydrogen-bond acceptors (Lipinski definition) is 4. The van der Waals surface area contributed by atoms with Gasteiger partial charge in [0.25, 0.3) is 0 Å². The van der Waals surface area contributed by atoms with Crippen LogP contribution in [0.25, 0.3) is 11.6 Å². The van der Waals surface area contributed by atoms with E-state index in [4.69, 9.17) is 0 Å². The molecule has 2 aromatic rings. The Morgan fingerprint density at radius 1 is 1.45 bits per heavy atom. The van der Waals surface area contributed by atoms with E-state index >= 15 is 0 Å². The number of aromatic hydroxyl groups is 1. The zero-order valence-electron chi connectivity index (χ0n) is 9.90. The third kappa shape index (κ3) is 2.48. The Morgan fingerprint density at radius 3 is 2.85 bits per heavy atom. The van der Waals surface area contributed by atoms with Crippen LogP contribution in [-0.2, 0) is 0 Å². The van der Waals surface area contributed by atoms with Gasteiger partial charge in [-0.1, -0.05) is 34.7 Å². The number of thiazole rings is 1. The number of benzene rings is 1. The van der Waals surface area contributed by atoms with Gasteiger partial charge in [-0.05, 0) is 31.2 Å². The van der Waals surface area contributed by atoms with E-state index in [0.29, 0.717) is 4.88 Å². The predicted octanol–water partition coefficient (Wildman–Crippen LogP) is 4.19. The minimum Gasteiger partial charge on any atom is -0.493 e. The molecule has 20 heavy (non-hydrogen) atoms. The molecule has 2 N–H and O–H groups in total. The number of aromatic amines is 1. The SMILES string of the molecule is C.CC1=Nc2ccc(Br)cc2C1=Cc1sc(=O)[nH]c1O. The van der Waals surface area contributed by atoms with Gasteiger partial charge < -0.3 is 5.11 Å². The lowest BCUT2D eigenvalue weighted by Gasteiger charge is -2.01. The highest BCUT2D eigenvalue weighted by atomic mass is 79.9. The topological polar surface area (TPSA) is 65.5 Å². The fourth-order valence-electron chi connectivity index (χ4n) is 2.00. The molecule has 1 aliphatic rings. The Bertz CT molecular complexity index is 787. The van der Waals surface area contributed by atoms with Crippen LogP contribution in [0.15, 0.2) is 32.5 Å². The van der Waals surface area contributed by atoms with E-state index in [0.717, 1.165) is 38.3 Å².